The van der Waals surface area contributed by atoms with E-state index in [1.165, 1.54) is 6.42 Å². The lowest BCUT2D eigenvalue weighted by molar-refractivity contribution is -0.129. The van der Waals surface area contributed by atoms with Crippen LogP contribution in [0.5, 0.6) is 0 Å². The molecule has 3 heteroatoms. The van der Waals surface area contributed by atoms with Crippen LogP contribution in [-0.4, -0.2) is 30.4 Å². The highest BCUT2D eigenvalue weighted by molar-refractivity contribution is 5.80. The number of hydrogen-bond donors (Lipinski definition) is 1. The molecule has 1 heterocycles. The van der Waals surface area contributed by atoms with Gasteiger partial charge in [-0.2, -0.15) is 0 Å². The van der Waals surface area contributed by atoms with Crippen LogP contribution in [0.4, 0.5) is 5.69 Å². The van der Waals surface area contributed by atoms with Crippen molar-refractivity contribution >= 4 is 11.6 Å². The molecule has 1 atom stereocenters. The van der Waals surface area contributed by atoms with E-state index >= 15 is 0 Å². The van der Waals surface area contributed by atoms with Crippen molar-refractivity contribution in [3.05, 3.63) is 30.3 Å². The molecule has 0 saturated carbocycles. The first-order valence-corrected chi connectivity index (χ1v) is 7.73. The largest absolute Gasteiger partial charge is 0.376 e. The molecule has 1 aromatic carbocycles. The Hall–Kier alpha value is -1.51. The van der Waals surface area contributed by atoms with Crippen LogP contribution < -0.4 is 5.32 Å². The van der Waals surface area contributed by atoms with E-state index in [9.17, 15) is 4.79 Å². The van der Waals surface area contributed by atoms with Gasteiger partial charge < -0.3 is 10.2 Å². The Labute approximate surface area is 122 Å². The summed E-state index contributed by atoms with van der Waals surface area (Å²) in [7, 11) is 0. The fraction of sp³-hybridized carbons (Fsp3) is 0.588. The Kier molecular flexibility index (Phi) is 5.45. The van der Waals surface area contributed by atoms with Crippen LogP contribution in [-0.2, 0) is 4.79 Å². The predicted molar refractivity (Wildman–Crippen MR) is 83.7 cm³/mol. The van der Waals surface area contributed by atoms with Gasteiger partial charge in [0, 0.05) is 18.8 Å². The highest BCUT2D eigenvalue weighted by atomic mass is 16.2. The van der Waals surface area contributed by atoms with Gasteiger partial charge in [-0.3, -0.25) is 4.79 Å². The number of carbonyl (C=O) groups excluding carboxylic acids is 1. The van der Waals surface area contributed by atoms with Gasteiger partial charge in [0.15, 0.2) is 0 Å². The quantitative estimate of drug-likeness (QED) is 0.913. The predicted octanol–water partition coefficient (Wildman–Crippen LogP) is 3.38. The molecule has 110 valence electrons. The van der Waals surface area contributed by atoms with Crippen LogP contribution in [0, 0.1) is 11.8 Å². The number of nitrogens with zero attached hydrogens (tertiary/aromatic N) is 1. The van der Waals surface area contributed by atoms with Crippen molar-refractivity contribution in [3.63, 3.8) is 0 Å². The summed E-state index contributed by atoms with van der Waals surface area (Å²) in [4.78, 5) is 14.3. The maximum Gasteiger partial charge on any atom is 0.241 e. The van der Waals surface area contributed by atoms with Gasteiger partial charge in [-0.15, -0.1) is 0 Å². The number of amides is 1. The van der Waals surface area contributed by atoms with Crippen LogP contribution in [0.1, 0.15) is 33.1 Å². The Morgan fingerprint density at radius 2 is 2.00 bits per heavy atom. The van der Waals surface area contributed by atoms with Crippen LogP contribution in [0.15, 0.2) is 30.3 Å². The maximum absolute atomic E-state index is 12.3. The topological polar surface area (TPSA) is 32.3 Å². The second-order valence-corrected chi connectivity index (χ2v) is 6.04. The summed E-state index contributed by atoms with van der Waals surface area (Å²) < 4.78 is 0. The molecule has 0 bridgehead atoms. The molecule has 1 fully saturated rings. The molecule has 0 aromatic heterocycles. The van der Waals surface area contributed by atoms with Crippen LogP contribution in [0.2, 0.25) is 0 Å². The highest BCUT2D eigenvalue weighted by Crippen LogP contribution is 2.24. The lowest BCUT2D eigenvalue weighted by Crippen LogP contribution is -2.36. The molecule has 1 saturated heterocycles. The first kappa shape index (κ1) is 14.9. The third-order valence-corrected chi connectivity index (χ3v) is 4.29. The Balaban J connectivity index is 1.80. The van der Waals surface area contributed by atoms with E-state index < -0.39 is 0 Å². The second-order valence-electron chi connectivity index (χ2n) is 6.04. The molecule has 1 aromatic rings. The van der Waals surface area contributed by atoms with E-state index in [0.717, 1.165) is 43.5 Å². The third kappa shape index (κ3) is 4.26. The lowest BCUT2D eigenvalue weighted by atomic mass is 9.89. The van der Waals surface area contributed by atoms with Crippen molar-refractivity contribution in [3.8, 4) is 0 Å². The molecule has 1 unspecified atom stereocenters. The average molecular weight is 274 g/mol. The maximum atomic E-state index is 12.3. The highest BCUT2D eigenvalue weighted by Gasteiger charge is 2.21. The lowest BCUT2D eigenvalue weighted by Gasteiger charge is -2.22. The molecule has 0 spiro atoms. The van der Waals surface area contributed by atoms with Gasteiger partial charge in [0.2, 0.25) is 5.91 Å². The summed E-state index contributed by atoms with van der Waals surface area (Å²) in [5, 5.41) is 3.20. The minimum absolute atomic E-state index is 0.221. The van der Waals surface area contributed by atoms with Gasteiger partial charge >= 0.3 is 0 Å². The number of benzene rings is 1. The number of para-hydroxylation sites is 1. The molecule has 3 nitrogen and oxygen atoms in total. The number of hydrogen-bond acceptors (Lipinski definition) is 2. The van der Waals surface area contributed by atoms with Crippen LogP contribution in [0.25, 0.3) is 0 Å². The molecule has 20 heavy (non-hydrogen) atoms. The summed E-state index contributed by atoms with van der Waals surface area (Å²) in [5.41, 5.74) is 1.01. The zero-order chi connectivity index (χ0) is 14.4. The van der Waals surface area contributed by atoms with Gasteiger partial charge in [0.05, 0.1) is 6.54 Å². The first-order valence-electron chi connectivity index (χ1n) is 7.73. The number of nitrogens with one attached hydrogen (secondary N) is 1. The van der Waals surface area contributed by atoms with E-state index in [1.807, 2.05) is 35.2 Å². The Morgan fingerprint density at radius 1 is 1.25 bits per heavy atom. The monoisotopic (exact) mass is 274 g/mol. The molecule has 1 amide bonds. The van der Waals surface area contributed by atoms with E-state index in [0.29, 0.717) is 6.54 Å². The van der Waals surface area contributed by atoms with Crippen molar-refractivity contribution < 1.29 is 4.79 Å². The van der Waals surface area contributed by atoms with Gasteiger partial charge in [0.1, 0.15) is 0 Å². The van der Waals surface area contributed by atoms with Crippen molar-refractivity contribution in [1.82, 2.24) is 4.90 Å². The van der Waals surface area contributed by atoms with E-state index in [-0.39, 0.29) is 5.91 Å². The van der Waals surface area contributed by atoms with Gasteiger partial charge in [-0.05, 0) is 43.2 Å². The number of carbonyl (C=O) groups is 1. The summed E-state index contributed by atoms with van der Waals surface area (Å²) in [6, 6.07) is 9.92. The number of likely N-dealkylation sites (tertiary alicyclic amines) is 1. The van der Waals surface area contributed by atoms with Crippen molar-refractivity contribution in [2.45, 2.75) is 33.1 Å². The van der Waals surface area contributed by atoms with Crippen molar-refractivity contribution in [2.24, 2.45) is 11.8 Å². The fourth-order valence-electron chi connectivity index (χ4n) is 2.88. The van der Waals surface area contributed by atoms with Crippen LogP contribution in [0.3, 0.4) is 0 Å². The fourth-order valence-corrected chi connectivity index (χ4v) is 2.88. The molecule has 0 aliphatic carbocycles. The summed E-state index contributed by atoms with van der Waals surface area (Å²) >= 11 is 0. The molecule has 1 aliphatic rings. The van der Waals surface area contributed by atoms with Crippen LogP contribution >= 0.6 is 0 Å². The average Bonchev–Trinajstić information content (AvgIpc) is 2.72. The summed E-state index contributed by atoms with van der Waals surface area (Å²) in [5.74, 6) is 1.72. The molecular formula is C17H26N2O. The summed E-state index contributed by atoms with van der Waals surface area (Å²) in [6.45, 7) is 6.81. The normalized spacial score (nSPS) is 19.8. The smallest absolute Gasteiger partial charge is 0.241 e. The number of anilines is 1. The Bertz CT molecular complexity index is 416. The minimum Gasteiger partial charge on any atom is -0.376 e. The SMILES string of the molecule is CC(C)C1CCCN(C(=O)CNc2ccccc2)CC1. The molecular weight excluding hydrogens is 248 g/mol. The molecule has 0 radical (unpaired) electrons. The van der Waals surface area contributed by atoms with Gasteiger partial charge in [-0.1, -0.05) is 32.0 Å². The van der Waals surface area contributed by atoms with E-state index in [2.05, 4.69) is 19.2 Å². The zero-order valence-corrected chi connectivity index (χ0v) is 12.6. The second kappa shape index (κ2) is 7.32. The Morgan fingerprint density at radius 3 is 2.70 bits per heavy atom. The summed E-state index contributed by atoms with van der Waals surface area (Å²) in [6.07, 6.45) is 3.54. The van der Waals surface area contributed by atoms with E-state index in [1.54, 1.807) is 0 Å². The minimum atomic E-state index is 0.221. The third-order valence-electron chi connectivity index (χ3n) is 4.29. The van der Waals surface area contributed by atoms with Crippen molar-refractivity contribution in [1.29, 1.82) is 0 Å². The molecule has 1 N–H and O–H groups in total. The zero-order valence-electron chi connectivity index (χ0n) is 12.6. The molecule has 1 aliphatic heterocycles. The standard InChI is InChI=1S/C17H26N2O/c1-14(2)15-7-6-11-19(12-10-15)17(20)13-18-16-8-4-3-5-9-16/h3-5,8-9,14-15,18H,6-7,10-13H2,1-2H3. The van der Waals surface area contributed by atoms with Crippen molar-refractivity contribution in [2.75, 3.05) is 25.0 Å². The first-order chi connectivity index (χ1) is 9.66. The number of rotatable bonds is 4. The van der Waals surface area contributed by atoms with Gasteiger partial charge in [0.25, 0.3) is 0 Å². The molecule has 2 rings (SSSR count). The van der Waals surface area contributed by atoms with E-state index in [4.69, 9.17) is 0 Å². The van der Waals surface area contributed by atoms with Gasteiger partial charge in [-0.25, -0.2) is 0 Å².